The summed E-state index contributed by atoms with van der Waals surface area (Å²) < 4.78 is 10.5. The number of aryl methyl sites for hydroxylation is 1. The summed E-state index contributed by atoms with van der Waals surface area (Å²) in [5.41, 5.74) is 1.63. The lowest BCUT2D eigenvalue weighted by Crippen LogP contribution is -2.44. The Morgan fingerprint density at radius 2 is 2.07 bits per heavy atom. The second-order valence-corrected chi connectivity index (χ2v) is 7.39. The Morgan fingerprint density at radius 3 is 2.83 bits per heavy atom. The van der Waals surface area contributed by atoms with Crippen LogP contribution in [0, 0.1) is 6.92 Å². The molecule has 0 aliphatic carbocycles. The maximum Gasteiger partial charge on any atom is 0.275 e. The smallest absolute Gasteiger partial charge is 0.275 e. The molecule has 1 aliphatic rings. The number of oxazole rings is 1. The van der Waals surface area contributed by atoms with Crippen molar-refractivity contribution in [1.29, 1.82) is 0 Å². The third kappa shape index (κ3) is 4.56. The van der Waals surface area contributed by atoms with Crippen LogP contribution in [0.25, 0.3) is 0 Å². The molecule has 1 aromatic carbocycles. The van der Waals surface area contributed by atoms with Crippen LogP contribution in [0.1, 0.15) is 52.2 Å². The fourth-order valence-corrected chi connectivity index (χ4v) is 3.58. The summed E-state index contributed by atoms with van der Waals surface area (Å²) in [6, 6.07) is 10.1. The van der Waals surface area contributed by atoms with Gasteiger partial charge in [0.2, 0.25) is 5.91 Å². The molecule has 1 atom stereocenters. The lowest BCUT2D eigenvalue weighted by molar-refractivity contribution is -0.131. The zero-order valence-corrected chi connectivity index (χ0v) is 16.7. The fraction of sp³-hybridized carbons (Fsp3) is 0.381. The Balaban J connectivity index is 1.32. The molecule has 0 bridgehead atoms. The average Bonchev–Trinajstić information content (AvgIpc) is 3.41. The quantitative estimate of drug-likeness (QED) is 0.663. The number of piperidine rings is 1. The number of benzene rings is 1. The number of nitrogens with one attached hydrogen (secondary N) is 1. The van der Waals surface area contributed by atoms with E-state index in [0.717, 1.165) is 24.2 Å². The zero-order valence-electron chi connectivity index (χ0n) is 16.7. The van der Waals surface area contributed by atoms with Crippen LogP contribution in [0.15, 0.2) is 45.6 Å². The largest absolute Gasteiger partial charge is 0.445 e. The Labute approximate surface area is 173 Å². The fourth-order valence-electron chi connectivity index (χ4n) is 3.58. The molecule has 0 unspecified atom stereocenters. The van der Waals surface area contributed by atoms with Gasteiger partial charge in [0.25, 0.3) is 5.91 Å². The molecule has 0 spiro atoms. The van der Waals surface area contributed by atoms with Gasteiger partial charge in [-0.05, 0) is 30.5 Å². The normalized spacial score (nSPS) is 16.4. The minimum Gasteiger partial charge on any atom is -0.445 e. The molecule has 1 aliphatic heterocycles. The van der Waals surface area contributed by atoms with Gasteiger partial charge in [-0.15, -0.1) is 0 Å². The van der Waals surface area contributed by atoms with E-state index in [1.54, 1.807) is 18.0 Å². The molecule has 0 saturated carbocycles. The first-order valence-corrected chi connectivity index (χ1v) is 9.94. The van der Waals surface area contributed by atoms with Gasteiger partial charge in [-0.2, -0.15) is 0 Å². The van der Waals surface area contributed by atoms with Gasteiger partial charge in [0, 0.05) is 19.5 Å². The molecule has 2 aromatic heterocycles. The predicted molar refractivity (Wildman–Crippen MR) is 106 cm³/mol. The van der Waals surface area contributed by atoms with Crippen LogP contribution in [0.2, 0.25) is 0 Å². The maximum atomic E-state index is 12.6. The van der Waals surface area contributed by atoms with Crippen molar-refractivity contribution in [1.82, 2.24) is 25.5 Å². The van der Waals surface area contributed by atoms with Crippen molar-refractivity contribution >= 4 is 11.8 Å². The van der Waals surface area contributed by atoms with Gasteiger partial charge in [0.15, 0.2) is 11.6 Å². The molecule has 156 valence electrons. The lowest BCUT2D eigenvalue weighted by Gasteiger charge is -2.31. The Kier molecular flexibility index (Phi) is 5.87. The monoisotopic (exact) mass is 409 g/mol. The molecule has 1 fully saturated rings. The van der Waals surface area contributed by atoms with E-state index in [0.29, 0.717) is 31.1 Å². The summed E-state index contributed by atoms with van der Waals surface area (Å²) in [6.45, 7) is 2.67. The molecule has 9 heteroatoms. The van der Waals surface area contributed by atoms with Crippen LogP contribution < -0.4 is 5.32 Å². The van der Waals surface area contributed by atoms with E-state index in [-0.39, 0.29) is 24.1 Å². The van der Waals surface area contributed by atoms with E-state index >= 15 is 0 Å². The zero-order chi connectivity index (χ0) is 20.9. The average molecular weight is 409 g/mol. The molecule has 9 nitrogen and oxygen atoms in total. The topological polar surface area (TPSA) is 114 Å². The van der Waals surface area contributed by atoms with E-state index in [9.17, 15) is 9.59 Å². The van der Waals surface area contributed by atoms with Crippen molar-refractivity contribution < 1.29 is 18.6 Å². The van der Waals surface area contributed by atoms with Crippen molar-refractivity contribution in [2.45, 2.75) is 32.1 Å². The summed E-state index contributed by atoms with van der Waals surface area (Å²) in [6.07, 6.45) is 4.21. The highest BCUT2D eigenvalue weighted by Gasteiger charge is 2.28. The van der Waals surface area contributed by atoms with Gasteiger partial charge in [-0.1, -0.05) is 35.5 Å². The number of rotatable bonds is 6. The van der Waals surface area contributed by atoms with Crippen molar-refractivity contribution in [3.8, 4) is 0 Å². The second kappa shape index (κ2) is 8.89. The number of hydrogen-bond acceptors (Lipinski definition) is 7. The summed E-state index contributed by atoms with van der Waals surface area (Å²) in [4.78, 5) is 30.9. The van der Waals surface area contributed by atoms with E-state index in [1.165, 1.54) is 0 Å². The SMILES string of the molecule is Cc1nonc1C(=O)NCC(=O)N1CCC[C@@H](c2ncc(Cc3ccccc3)o2)C1. The summed E-state index contributed by atoms with van der Waals surface area (Å²) in [7, 11) is 0. The van der Waals surface area contributed by atoms with Crippen molar-refractivity contribution in [3.63, 3.8) is 0 Å². The number of nitrogens with zero attached hydrogens (tertiary/aromatic N) is 4. The Bertz CT molecular complexity index is 1010. The number of aromatic nitrogens is 3. The maximum absolute atomic E-state index is 12.6. The van der Waals surface area contributed by atoms with Gasteiger partial charge in [0.1, 0.15) is 11.5 Å². The number of carbonyl (C=O) groups excluding carboxylic acids is 2. The van der Waals surface area contributed by atoms with Gasteiger partial charge in [0.05, 0.1) is 18.7 Å². The van der Waals surface area contributed by atoms with Crippen LogP contribution in [0.4, 0.5) is 0 Å². The minimum atomic E-state index is -0.478. The van der Waals surface area contributed by atoms with Crippen LogP contribution >= 0.6 is 0 Å². The van der Waals surface area contributed by atoms with Crippen LogP contribution in [-0.2, 0) is 11.2 Å². The number of likely N-dealkylation sites (tertiary alicyclic amines) is 1. The third-order valence-electron chi connectivity index (χ3n) is 5.18. The van der Waals surface area contributed by atoms with Crippen molar-refractivity contribution in [2.75, 3.05) is 19.6 Å². The summed E-state index contributed by atoms with van der Waals surface area (Å²) in [5, 5.41) is 9.69. The highest BCUT2D eigenvalue weighted by Crippen LogP contribution is 2.27. The van der Waals surface area contributed by atoms with Gasteiger partial charge in [-0.25, -0.2) is 9.61 Å². The molecule has 1 N–H and O–H groups in total. The number of amides is 2. The molecule has 2 amide bonds. The van der Waals surface area contributed by atoms with Gasteiger partial charge in [-0.3, -0.25) is 9.59 Å². The van der Waals surface area contributed by atoms with Crippen molar-refractivity contribution in [2.24, 2.45) is 0 Å². The molecule has 4 rings (SSSR count). The van der Waals surface area contributed by atoms with Crippen LogP contribution in [0.3, 0.4) is 0 Å². The van der Waals surface area contributed by atoms with E-state index in [1.807, 2.05) is 30.3 Å². The first-order chi connectivity index (χ1) is 14.6. The van der Waals surface area contributed by atoms with Gasteiger partial charge < -0.3 is 14.6 Å². The van der Waals surface area contributed by atoms with Crippen LogP contribution in [-0.4, -0.2) is 51.6 Å². The molecular formula is C21H23N5O4. The molecular weight excluding hydrogens is 386 g/mol. The molecule has 3 heterocycles. The highest BCUT2D eigenvalue weighted by atomic mass is 16.6. The van der Waals surface area contributed by atoms with Gasteiger partial charge >= 0.3 is 0 Å². The first-order valence-electron chi connectivity index (χ1n) is 9.94. The summed E-state index contributed by atoms with van der Waals surface area (Å²) in [5.74, 6) is 0.882. The predicted octanol–water partition coefficient (Wildman–Crippen LogP) is 2.09. The molecule has 0 radical (unpaired) electrons. The standard InChI is InChI=1S/C21H23N5O4/c1-14-19(25-30-24-14)20(28)22-12-18(27)26-9-5-8-16(13-26)21-23-11-17(29-21)10-15-6-3-2-4-7-15/h2-4,6-7,11,16H,5,8-10,12-13H2,1H3,(H,22,28)/t16-/m1/s1. The molecule has 30 heavy (non-hydrogen) atoms. The second-order valence-electron chi connectivity index (χ2n) is 7.39. The summed E-state index contributed by atoms with van der Waals surface area (Å²) >= 11 is 0. The molecule has 3 aromatic rings. The highest BCUT2D eigenvalue weighted by molar-refractivity contribution is 5.95. The van der Waals surface area contributed by atoms with E-state index in [4.69, 9.17) is 4.42 Å². The lowest BCUT2D eigenvalue weighted by atomic mass is 9.98. The van der Waals surface area contributed by atoms with Crippen molar-refractivity contribution in [3.05, 3.63) is 65.1 Å². The Morgan fingerprint density at radius 1 is 1.23 bits per heavy atom. The number of carbonyl (C=O) groups is 2. The van der Waals surface area contributed by atoms with E-state index in [2.05, 4.69) is 25.2 Å². The first kappa shape index (κ1) is 19.8. The molecule has 1 saturated heterocycles. The Hall–Kier alpha value is -3.49. The minimum absolute atomic E-state index is 0.0462. The number of hydrogen-bond donors (Lipinski definition) is 1. The van der Waals surface area contributed by atoms with E-state index < -0.39 is 5.91 Å². The third-order valence-corrected chi connectivity index (χ3v) is 5.18. The van der Waals surface area contributed by atoms with Crippen LogP contribution in [0.5, 0.6) is 0 Å².